The van der Waals surface area contributed by atoms with E-state index >= 15 is 0 Å². The van der Waals surface area contributed by atoms with Crippen molar-refractivity contribution in [2.75, 3.05) is 26.4 Å². The van der Waals surface area contributed by atoms with Crippen molar-refractivity contribution in [3.63, 3.8) is 0 Å². The van der Waals surface area contributed by atoms with Crippen LogP contribution in [0.4, 0.5) is 0 Å². The number of rotatable bonds is 0. The van der Waals surface area contributed by atoms with Gasteiger partial charge in [0.15, 0.2) is 11.6 Å². The summed E-state index contributed by atoms with van der Waals surface area (Å²) >= 11 is 0. The van der Waals surface area contributed by atoms with Gasteiger partial charge in [0.05, 0.1) is 38.4 Å². The van der Waals surface area contributed by atoms with Gasteiger partial charge in [0, 0.05) is 24.7 Å². The molecule has 2 aliphatic heterocycles. The van der Waals surface area contributed by atoms with Gasteiger partial charge in [-0.3, -0.25) is 0 Å². The van der Waals surface area contributed by atoms with Crippen LogP contribution in [0.5, 0.6) is 0 Å². The average Bonchev–Trinajstić information content (AvgIpc) is 3.44. The van der Waals surface area contributed by atoms with Crippen LogP contribution >= 0.6 is 0 Å². The minimum Gasteiger partial charge on any atom is -0.348 e. The van der Waals surface area contributed by atoms with Crippen molar-refractivity contribution in [1.82, 2.24) is 0 Å². The normalized spacial score (nSPS) is 52.1. The molecule has 7 atom stereocenters. The molecule has 0 amide bonds. The van der Waals surface area contributed by atoms with E-state index < -0.39 is 5.79 Å². The van der Waals surface area contributed by atoms with Crippen LogP contribution in [0, 0.1) is 51.8 Å². The molecule has 0 aromatic carbocycles. The number of nitriles is 1. The number of fused-ring (bicyclic) bond motifs is 6. The van der Waals surface area contributed by atoms with Crippen molar-refractivity contribution >= 4 is 0 Å². The molecule has 2 heterocycles. The highest BCUT2D eigenvalue weighted by molar-refractivity contribution is 5.16. The standard InChI is InChI=1S/C24H35NO4/c1-21-7-8-23(26-9-10-27-23)14-20(21)16(15-25)13-17-18(21)3-5-22(2)19(17)4-6-24(22)28-11-12-29-24/h16-20H,3-14H2,1-2H3/t16-,17-,18+,19+,20?,21-,22+/m1/s1. The maximum Gasteiger partial charge on any atom is 0.174 e. The Labute approximate surface area is 174 Å². The second-order valence-corrected chi connectivity index (χ2v) is 11.2. The van der Waals surface area contributed by atoms with E-state index in [1.807, 2.05) is 0 Å². The van der Waals surface area contributed by atoms with Crippen molar-refractivity contribution < 1.29 is 18.9 Å². The zero-order chi connectivity index (χ0) is 19.9. The van der Waals surface area contributed by atoms with Crippen molar-refractivity contribution in [3.8, 4) is 6.07 Å². The summed E-state index contributed by atoms with van der Waals surface area (Å²) in [6, 6.07) is 2.75. The minimum atomic E-state index is -0.405. The van der Waals surface area contributed by atoms with Crippen LogP contribution in [0.1, 0.15) is 65.2 Å². The summed E-state index contributed by atoms with van der Waals surface area (Å²) in [7, 11) is 0. The lowest BCUT2D eigenvalue weighted by molar-refractivity contribution is -0.261. The number of hydrogen-bond acceptors (Lipinski definition) is 5. The Kier molecular flexibility index (Phi) is 4.07. The van der Waals surface area contributed by atoms with Crippen LogP contribution in [0.3, 0.4) is 0 Å². The molecule has 6 fully saturated rings. The third-order valence-electron chi connectivity index (χ3n) is 10.5. The van der Waals surface area contributed by atoms with E-state index in [1.54, 1.807) is 0 Å². The van der Waals surface area contributed by atoms with Crippen LogP contribution in [0.25, 0.3) is 0 Å². The number of hydrogen-bond donors (Lipinski definition) is 0. The van der Waals surface area contributed by atoms with Crippen molar-refractivity contribution in [2.45, 2.75) is 76.8 Å². The molecule has 0 aromatic heterocycles. The summed E-state index contributed by atoms with van der Waals surface area (Å²) < 4.78 is 24.7. The largest absolute Gasteiger partial charge is 0.348 e. The number of ether oxygens (including phenoxy) is 4. The Hall–Kier alpha value is -0.670. The smallest absolute Gasteiger partial charge is 0.174 e. The topological polar surface area (TPSA) is 60.7 Å². The van der Waals surface area contributed by atoms with Gasteiger partial charge in [-0.15, -0.1) is 0 Å². The first-order chi connectivity index (χ1) is 14.0. The third-order valence-corrected chi connectivity index (χ3v) is 10.5. The Bertz CT molecular complexity index is 721. The van der Waals surface area contributed by atoms with E-state index in [1.165, 1.54) is 19.3 Å². The monoisotopic (exact) mass is 401 g/mol. The van der Waals surface area contributed by atoms with Crippen LogP contribution in [0.2, 0.25) is 0 Å². The summed E-state index contributed by atoms with van der Waals surface area (Å²) in [5, 5.41) is 10.2. The minimum absolute atomic E-state index is 0.0986. The molecule has 5 heteroatoms. The van der Waals surface area contributed by atoms with Gasteiger partial charge in [0.1, 0.15) is 0 Å². The third kappa shape index (κ3) is 2.35. The van der Waals surface area contributed by atoms with Crippen LogP contribution in [-0.2, 0) is 18.9 Å². The molecular weight excluding hydrogens is 366 g/mol. The summed E-state index contributed by atoms with van der Waals surface area (Å²) in [6.07, 6.45) is 8.70. The zero-order valence-electron chi connectivity index (χ0n) is 18.0. The molecule has 0 bridgehead atoms. The van der Waals surface area contributed by atoms with E-state index in [-0.39, 0.29) is 22.5 Å². The predicted molar refractivity (Wildman–Crippen MR) is 105 cm³/mol. The Morgan fingerprint density at radius 2 is 1.48 bits per heavy atom. The summed E-state index contributed by atoms with van der Waals surface area (Å²) in [5.41, 5.74) is 0.319. The van der Waals surface area contributed by atoms with E-state index in [0.29, 0.717) is 36.9 Å². The Morgan fingerprint density at radius 1 is 0.793 bits per heavy atom. The van der Waals surface area contributed by atoms with Crippen molar-refractivity contribution in [1.29, 1.82) is 5.26 Å². The van der Waals surface area contributed by atoms with Gasteiger partial charge in [-0.1, -0.05) is 13.8 Å². The average molecular weight is 402 g/mol. The van der Waals surface area contributed by atoms with Gasteiger partial charge >= 0.3 is 0 Å². The first kappa shape index (κ1) is 19.0. The van der Waals surface area contributed by atoms with E-state index in [2.05, 4.69) is 19.9 Å². The summed E-state index contributed by atoms with van der Waals surface area (Å²) in [4.78, 5) is 0. The second-order valence-electron chi connectivity index (χ2n) is 11.2. The zero-order valence-corrected chi connectivity index (χ0v) is 18.0. The molecule has 0 radical (unpaired) electrons. The molecule has 29 heavy (non-hydrogen) atoms. The van der Waals surface area contributed by atoms with Crippen LogP contribution in [0.15, 0.2) is 0 Å². The highest BCUT2D eigenvalue weighted by Crippen LogP contribution is 2.71. The van der Waals surface area contributed by atoms with Crippen molar-refractivity contribution in [3.05, 3.63) is 0 Å². The highest BCUT2D eigenvalue weighted by Gasteiger charge is 2.69. The Morgan fingerprint density at radius 3 is 2.21 bits per heavy atom. The van der Waals surface area contributed by atoms with Gasteiger partial charge in [-0.05, 0) is 61.2 Å². The van der Waals surface area contributed by atoms with E-state index in [4.69, 9.17) is 18.9 Å². The Balaban J connectivity index is 1.33. The lowest BCUT2D eigenvalue weighted by atomic mass is 9.42. The maximum absolute atomic E-state index is 10.2. The molecule has 4 saturated carbocycles. The summed E-state index contributed by atoms with van der Waals surface area (Å²) in [6.45, 7) is 7.80. The fourth-order valence-corrected chi connectivity index (χ4v) is 9.06. The second kappa shape index (κ2) is 6.19. The van der Waals surface area contributed by atoms with E-state index in [0.717, 1.165) is 45.3 Å². The fourth-order valence-electron chi connectivity index (χ4n) is 9.06. The summed E-state index contributed by atoms with van der Waals surface area (Å²) in [5.74, 6) is 1.66. The molecule has 6 aliphatic rings. The molecular formula is C24H35NO4. The van der Waals surface area contributed by atoms with Gasteiger partial charge in [-0.2, -0.15) is 5.26 Å². The first-order valence-corrected chi connectivity index (χ1v) is 11.9. The SMILES string of the molecule is C[C@]12CCC3(CC1[C@@H](C#N)C[C@@H]1[C@@H]2CC[C@@]2(C)[C@H]1CCC21OCCO1)OCCO3. The van der Waals surface area contributed by atoms with Gasteiger partial charge in [-0.25, -0.2) is 0 Å². The van der Waals surface area contributed by atoms with Crippen LogP contribution in [-0.4, -0.2) is 38.0 Å². The van der Waals surface area contributed by atoms with Crippen molar-refractivity contribution in [2.24, 2.45) is 40.4 Å². The molecule has 4 aliphatic carbocycles. The molecule has 2 spiro atoms. The fraction of sp³-hybridized carbons (Fsp3) is 0.958. The predicted octanol–water partition coefficient (Wildman–Crippen LogP) is 4.26. The van der Waals surface area contributed by atoms with Gasteiger partial charge < -0.3 is 18.9 Å². The quantitative estimate of drug-likeness (QED) is 0.607. The van der Waals surface area contributed by atoms with E-state index in [9.17, 15) is 5.26 Å². The van der Waals surface area contributed by atoms with Crippen LogP contribution < -0.4 is 0 Å². The maximum atomic E-state index is 10.2. The molecule has 0 aromatic rings. The molecule has 5 nitrogen and oxygen atoms in total. The molecule has 2 saturated heterocycles. The first-order valence-electron chi connectivity index (χ1n) is 11.9. The number of nitrogens with zero attached hydrogens (tertiary/aromatic N) is 1. The highest BCUT2D eigenvalue weighted by atomic mass is 16.7. The lowest BCUT2D eigenvalue weighted by Crippen LogP contribution is -2.60. The lowest BCUT2D eigenvalue weighted by Gasteiger charge is -2.63. The van der Waals surface area contributed by atoms with Gasteiger partial charge in [0.25, 0.3) is 0 Å². The van der Waals surface area contributed by atoms with Gasteiger partial charge in [0.2, 0.25) is 0 Å². The molecule has 6 rings (SSSR count). The molecule has 0 N–H and O–H groups in total. The molecule has 1 unspecified atom stereocenters. The molecule has 160 valence electrons.